The SMILES string of the molecule is C[C@@H]([C@H](C)P(c1ccccc1)c1ccccc1)P(c1ccccc1)c1ccccc1.[Cl][Ni][Cl]. The van der Waals surface area contributed by atoms with Crippen molar-refractivity contribution in [1.82, 2.24) is 0 Å². The average Bonchev–Trinajstić information content (AvgIpc) is 2.87. The van der Waals surface area contributed by atoms with Crippen LogP contribution in [0.15, 0.2) is 121 Å². The van der Waals surface area contributed by atoms with Gasteiger partial charge < -0.3 is 0 Å². The summed E-state index contributed by atoms with van der Waals surface area (Å²) < 4.78 is 0. The molecule has 0 saturated heterocycles. The van der Waals surface area contributed by atoms with Crippen molar-refractivity contribution in [2.75, 3.05) is 0 Å². The molecule has 0 spiro atoms. The van der Waals surface area contributed by atoms with Crippen LogP contribution in [0.4, 0.5) is 0 Å². The van der Waals surface area contributed by atoms with Crippen molar-refractivity contribution in [2.45, 2.75) is 25.2 Å². The fraction of sp³-hybridized carbons (Fsp3) is 0.143. The van der Waals surface area contributed by atoms with Gasteiger partial charge in [0.15, 0.2) is 0 Å². The fourth-order valence-electron chi connectivity index (χ4n) is 4.02. The van der Waals surface area contributed by atoms with Crippen molar-refractivity contribution in [2.24, 2.45) is 0 Å². The first-order chi connectivity index (χ1) is 16.2. The molecule has 0 aromatic heterocycles. The molecular weight excluding hydrogens is 528 g/mol. The molecule has 0 nitrogen and oxygen atoms in total. The summed E-state index contributed by atoms with van der Waals surface area (Å²) in [6.07, 6.45) is 0. The van der Waals surface area contributed by atoms with Crippen molar-refractivity contribution >= 4 is 57.4 Å². The van der Waals surface area contributed by atoms with Gasteiger partial charge in [-0.3, -0.25) is 0 Å². The standard InChI is InChI=1S/C28H28P2.2ClH.Ni/c1-23(29(25-15-7-3-8-16-25)26-17-9-4-10-18-26)24(2)30(27-19-11-5-12-20-27)28-21-13-6-14-22-28;;;/h3-24H,1-2H3;2*1H;/q;;;+2/p-2/t23-,24-;;;/m0.../s1. The monoisotopic (exact) mass is 554 g/mol. The number of hydrogen-bond donors (Lipinski definition) is 0. The van der Waals surface area contributed by atoms with Crippen LogP contribution < -0.4 is 21.2 Å². The molecule has 0 saturated carbocycles. The zero-order valence-electron chi connectivity index (χ0n) is 18.7. The van der Waals surface area contributed by atoms with Gasteiger partial charge in [-0.1, -0.05) is 135 Å². The Labute approximate surface area is 215 Å². The normalized spacial score (nSPS) is 12.8. The van der Waals surface area contributed by atoms with E-state index in [9.17, 15) is 0 Å². The van der Waals surface area contributed by atoms with Gasteiger partial charge in [0.1, 0.15) is 0 Å². The Balaban J connectivity index is 0.000000968. The second-order valence-corrected chi connectivity index (χ2v) is 14.4. The van der Waals surface area contributed by atoms with Crippen molar-refractivity contribution in [3.8, 4) is 0 Å². The van der Waals surface area contributed by atoms with Crippen molar-refractivity contribution in [3.05, 3.63) is 121 Å². The summed E-state index contributed by atoms with van der Waals surface area (Å²) in [5.41, 5.74) is 1.10. The van der Waals surface area contributed by atoms with Gasteiger partial charge in [-0.2, -0.15) is 0 Å². The fourth-order valence-corrected chi connectivity index (χ4v) is 10.1. The zero-order chi connectivity index (χ0) is 23.5. The number of halogens is 2. The Morgan fingerprint density at radius 3 is 0.818 bits per heavy atom. The van der Waals surface area contributed by atoms with E-state index in [1.54, 1.807) is 0 Å². The number of hydrogen-bond acceptors (Lipinski definition) is 0. The van der Waals surface area contributed by atoms with E-state index in [0.717, 1.165) is 0 Å². The third-order valence-electron chi connectivity index (χ3n) is 5.65. The number of benzene rings is 4. The molecule has 0 amide bonds. The van der Waals surface area contributed by atoms with E-state index in [1.165, 1.54) is 21.2 Å². The van der Waals surface area contributed by atoms with Crippen LogP contribution in [-0.2, 0) is 12.7 Å². The van der Waals surface area contributed by atoms with Gasteiger partial charge in [-0.05, 0) is 48.4 Å². The average molecular weight is 556 g/mol. The van der Waals surface area contributed by atoms with Crippen LogP contribution in [0.5, 0.6) is 0 Å². The number of rotatable bonds is 7. The van der Waals surface area contributed by atoms with Crippen LogP contribution in [0.2, 0.25) is 0 Å². The van der Waals surface area contributed by atoms with Crippen LogP contribution in [-0.4, -0.2) is 11.3 Å². The van der Waals surface area contributed by atoms with Gasteiger partial charge in [0.25, 0.3) is 0 Å². The Morgan fingerprint density at radius 2 is 0.636 bits per heavy atom. The molecule has 4 aromatic carbocycles. The predicted octanol–water partition coefficient (Wildman–Crippen LogP) is 7.41. The van der Waals surface area contributed by atoms with E-state index in [2.05, 4.69) is 135 Å². The molecule has 0 N–H and O–H groups in total. The van der Waals surface area contributed by atoms with Gasteiger partial charge in [0, 0.05) is 0 Å². The van der Waals surface area contributed by atoms with Crippen molar-refractivity contribution in [3.63, 3.8) is 0 Å². The Bertz CT molecular complexity index is 884. The first-order valence-corrected chi connectivity index (χ1v) is 16.3. The third kappa shape index (κ3) is 7.40. The van der Waals surface area contributed by atoms with Crippen LogP contribution in [0.3, 0.4) is 0 Å². The molecule has 5 heteroatoms. The predicted molar refractivity (Wildman–Crippen MR) is 149 cm³/mol. The minimum atomic E-state index is -0.448. The molecule has 33 heavy (non-hydrogen) atoms. The van der Waals surface area contributed by atoms with E-state index in [1.807, 2.05) is 0 Å². The van der Waals surface area contributed by atoms with Crippen LogP contribution in [0, 0.1) is 0 Å². The van der Waals surface area contributed by atoms with Gasteiger partial charge in [-0.15, -0.1) is 0 Å². The molecule has 0 heterocycles. The van der Waals surface area contributed by atoms with E-state index < -0.39 is 15.8 Å². The van der Waals surface area contributed by atoms with Crippen molar-refractivity contribution < 1.29 is 12.7 Å². The van der Waals surface area contributed by atoms with E-state index in [-0.39, 0.29) is 0 Å². The topological polar surface area (TPSA) is 0 Å². The maximum atomic E-state index is 4.70. The molecule has 4 rings (SSSR count). The summed E-state index contributed by atoms with van der Waals surface area (Å²) in [5.74, 6) is 0. The van der Waals surface area contributed by atoms with Gasteiger partial charge in [-0.25, -0.2) is 0 Å². The summed E-state index contributed by atoms with van der Waals surface area (Å²) in [6.45, 7) is 4.94. The Morgan fingerprint density at radius 1 is 0.455 bits per heavy atom. The molecule has 2 atom stereocenters. The Kier molecular flexibility index (Phi) is 11.4. The molecule has 174 valence electrons. The zero-order valence-corrected chi connectivity index (χ0v) is 23.0. The van der Waals surface area contributed by atoms with Gasteiger partial charge in [0.05, 0.1) is 0 Å². The second kappa shape index (κ2) is 14.3. The van der Waals surface area contributed by atoms with E-state index in [0.29, 0.717) is 24.0 Å². The summed E-state index contributed by atoms with van der Waals surface area (Å²) in [7, 11) is 8.51. The van der Waals surface area contributed by atoms with Gasteiger partial charge >= 0.3 is 33.0 Å². The van der Waals surface area contributed by atoms with E-state index >= 15 is 0 Å². The van der Waals surface area contributed by atoms with Gasteiger partial charge in [0.2, 0.25) is 0 Å². The Hall–Kier alpha value is -1.19. The first kappa shape index (κ1) is 26.4. The molecule has 0 unspecified atom stereocenters. The van der Waals surface area contributed by atoms with Crippen LogP contribution in [0.1, 0.15) is 13.8 Å². The third-order valence-corrected chi connectivity index (χ3v) is 11.8. The van der Waals surface area contributed by atoms with Crippen LogP contribution in [0.25, 0.3) is 0 Å². The summed E-state index contributed by atoms with van der Waals surface area (Å²) in [4.78, 5) is 0. The van der Waals surface area contributed by atoms with E-state index in [4.69, 9.17) is 20.4 Å². The quantitative estimate of drug-likeness (QED) is 0.165. The summed E-state index contributed by atoms with van der Waals surface area (Å²) in [5, 5.41) is 5.87. The molecule has 0 aliphatic rings. The summed E-state index contributed by atoms with van der Waals surface area (Å²) in [6, 6.07) is 44.5. The summed E-state index contributed by atoms with van der Waals surface area (Å²) >= 11 is 0.569. The molecule has 0 bridgehead atoms. The molecule has 0 aliphatic carbocycles. The molecule has 4 aromatic rings. The first-order valence-electron chi connectivity index (χ1n) is 10.8. The van der Waals surface area contributed by atoms with Crippen LogP contribution >= 0.6 is 36.2 Å². The molecule has 0 radical (unpaired) electrons. The molecule has 0 fully saturated rings. The molecular formula is C28H28Cl2NiP2. The maximum absolute atomic E-state index is 4.70. The minimum absolute atomic E-state index is 0.448. The second-order valence-electron chi connectivity index (χ2n) is 7.61. The van der Waals surface area contributed by atoms with Crippen molar-refractivity contribution in [1.29, 1.82) is 0 Å². The molecule has 0 aliphatic heterocycles.